The number of anilines is 1. The third kappa shape index (κ3) is 5.03. The van der Waals surface area contributed by atoms with E-state index in [4.69, 9.17) is 0 Å². The number of carbonyl (C=O) groups excluding carboxylic acids is 1. The molecule has 0 bridgehead atoms. The van der Waals surface area contributed by atoms with Gasteiger partial charge in [-0.25, -0.2) is 13.4 Å². The van der Waals surface area contributed by atoms with Crippen LogP contribution < -0.4 is 5.32 Å². The Morgan fingerprint density at radius 2 is 1.88 bits per heavy atom. The summed E-state index contributed by atoms with van der Waals surface area (Å²) in [6, 6.07) is 12.4. The summed E-state index contributed by atoms with van der Waals surface area (Å²) in [5, 5.41) is 5.24. The molecule has 2 aromatic carbocycles. The van der Waals surface area contributed by atoms with E-state index < -0.39 is 10.0 Å². The van der Waals surface area contributed by atoms with Crippen LogP contribution in [0.3, 0.4) is 0 Å². The van der Waals surface area contributed by atoms with Crippen molar-refractivity contribution in [1.82, 2.24) is 9.29 Å². The molecule has 1 aliphatic rings. The van der Waals surface area contributed by atoms with Crippen molar-refractivity contribution in [2.24, 2.45) is 0 Å². The Balaban J connectivity index is 1.47. The Morgan fingerprint density at radius 3 is 2.58 bits per heavy atom. The Morgan fingerprint density at radius 1 is 1.12 bits per heavy atom. The molecule has 0 aliphatic carbocycles. The van der Waals surface area contributed by atoms with E-state index in [-0.39, 0.29) is 16.8 Å². The van der Waals surface area contributed by atoms with Crippen LogP contribution in [0.4, 0.5) is 5.13 Å². The monoisotopic (exact) mass is 483 g/mol. The Bertz CT molecular complexity index is 1250. The van der Waals surface area contributed by atoms with Crippen LogP contribution in [0.25, 0.3) is 11.3 Å². The van der Waals surface area contributed by atoms with Gasteiger partial charge in [-0.1, -0.05) is 25.5 Å². The fourth-order valence-corrected chi connectivity index (χ4v) is 6.63. The first-order valence-electron chi connectivity index (χ1n) is 11.3. The van der Waals surface area contributed by atoms with Crippen molar-refractivity contribution in [3.8, 4) is 11.3 Å². The van der Waals surface area contributed by atoms with E-state index in [1.54, 1.807) is 16.4 Å². The number of benzene rings is 2. The summed E-state index contributed by atoms with van der Waals surface area (Å²) in [5.74, 6) is -0.315. The number of sulfonamides is 1. The number of thiazole rings is 1. The smallest absolute Gasteiger partial charge is 0.257 e. The number of aromatic nitrogens is 1. The van der Waals surface area contributed by atoms with Gasteiger partial charge in [-0.05, 0) is 74.6 Å². The highest BCUT2D eigenvalue weighted by Gasteiger charge is 2.32. The minimum Gasteiger partial charge on any atom is -0.298 e. The third-order valence-corrected chi connectivity index (χ3v) is 9.02. The van der Waals surface area contributed by atoms with E-state index >= 15 is 0 Å². The maximum absolute atomic E-state index is 13.1. The number of rotatable bonds is 6. The number of piperidine rings is 1. The molecular formula is C25H29N3O3S2. The van der Waals surface area contributed by atoms with Crippen LogP contribution in [0, 0.1) is 13.8 Å². The highest BCUT2D eigenvalue weighted by molar-refractivity contribution is 7.89. The van der Waals surface area contributed by atoms with E-state index in [1.807, 2.05) is 18.4 Å². The fourth-order valence-electron chi connectivity index (χ4n) is 4.15. The van der Waals surface area contributed by atoms with Crippen LogP contribution in [0.5, 0.6) is 0 Å². The maximum Gasteiger partial charge on any atom is 0.257 e. The van der Waals surface area contributed by atoms with Crippen molar-refractivity contribution >= 4 is 32.4 Å². The molecule has 1 fully saturated rings. The maximum atomic E-state index is 13.1. The molecule has 1 amide bonds. The molecule has 1 unspecified atom stereocenters. The highest BCUT2D eigenvalue weighted by Crippen LogP contribution is 2.28. The Labute approximate surface area is 199 Å². The van der Waals surface area contributed by atoms with Crippen LogP contribution in [0.1, 0.15) is 54.1 Å². The van der Waals surface area contributed by atoms with Crippen molar-refractivity contribution in [2.45, 2.75) is 57.4 Å². The number of hydrogen-bond acceptors (Lipinski definition) is 5. The van der Waals surface area contributed by atoms with Crippen LogP contribution in [-0.2, 0) is 10.0 Å². The normalized spacial score (nSPS) is 17.1. The average molecular weight is 484 g/mol. The standard InChI is InChI=1S/C25H29N3O3S2/c1-4-21-7-5-6-14-28(21)33(30,31)22-12-10-19(11-13-22)24(29)27-25-26-23(16-32-25)20-9-8-17(2)18(3)15-20/h8-13,15-16,21H,4-7,14H2,1-3H3,(H,26,27,29). The Hall–Kier alpha value is -2.55. The summed E-state index contributed by atoms with van der Waals surface area (Å²) < 4.78 is 27.9. The first-order chi connectivity index (χ1) is 15.8. The third-order valence-electron chi connectivity index (χ3n) is 6.29. The molecule has 1 aromatic heterocycles. The molecule has 174 valence electrons. The van der Waals surface area contributed by atoms with Gasteiger partial charge in [0.15, 0.2) is 5.13 Å². The lowest BCUT2D eigenvalue weighted by atomic mass is 10.0. The quantitative estimate of drug-likeness (QED) is 0.493. The van der Waals surface area contributed by atoms with E-state index in [2.05, 4.69) is 36.3 Å². The molecule has 4 rings (SSSR count). The number of hydrogen-bond donors (Lipinski definition) is 1. The second-order valence-corrected chi connectivity index (χ2v) is 11.2. The summed E-state index contributed by atoms with van der Waals surface area (Å²) in [4.78, 5) is 17.5. The van der Waals surface area contributed by atoms with Gasteiger partial charge in [-0.2, -0.15) is 4.31 Å². The number of carbonyl (C=O) groups is 1. The molecule has 0 spiro atoms. The molecule has 2 heterocycles. The first-order valence-corrected chi connectivity index (χ1v) is 13.6. The van der Waals surface area contributed by atoms with Crippen molar-refractivity contribution in [2.75, 3.05) is 11.9 Å². The number of nitrogens with one attached hydrogen (secondary N) is 1. The Kier molecular flexibility index (Phi) is 6.97. The topological polar surface area (TPSA) is 79.4 Å². The molecule has 6 nitrogen and oxygen atoms in total. The summed E-state index contributed by atoms with van der Waals surface area (Å²) in [7, 11) is -3.57. The van der Waals surface area contributed by atoms with Gasteiger partial charge >= 0.3 is 0 Å². The van der Waals surface area contributed by atoms with Gasteiger partial charge in [0.25, 0.3) is 5.91 Å². The molecule has 8 heteroatoms. The lowest BCUT2D eigenvalue weighted by Gasteiger charge is -2.34. The minimum atomic E-state index is -3.57. The van der Waals surface area contributed by atoms with Crippen LogP contribution in [-0.4, -0.2) is 36.2 Å². The number of nitrogens with zero attached hydrogens (tertiary/aromatic N) is 2. The number of amides is 1. The summed E-state index contributed by atoms with van der Waals surface area (Å²) in [5.41, 5.74) is 4.62. The van der Waals surface area contributed by atoms with E-state index in [0.29, 0.717) is 17.2 Å². The summed E-state index contributed by atoms with van der Waals surface area (Å²) in [6.45, 7) is 6.70. The van der Waals surface area contributed by atoms with Gasteiger partial charge < -0.3 is 0 Å². The van der Waals surface area contributed by atoms with Gasteiger partial charge in [-0.15, -0.1) is 11.3 Å². The van der Waals surface area contributed by atoms with Crippen molar-refractivity contribution in [3.05, 3.63) is 64.5 Å². The minimum absolute atomic E-state index is 0.0446. The zero-order chi connectivity index (χ0) is 23.6. The van der Waals surface area contributed by atoms with Gasteiger partial charge in [0.2, 0.25) is 10.0 Å². The van der Waals surface area contributed by atoms with Crippen LogP contribution in [0.15, 0.2) is 52.7 Å². The van der Waals surface area contributed by atoms with E-state index in [0.717, 1.165) is 36.9 Å². The van der Waals surface area contributed by atoms with E-state index in [9.17, 15) is 13.2 Å². The van der Waals surface area contributed by atoms with Crippen LogP contribution in [0.2, 0.25) is 0 Å². The first kappa shape index (κ1) is 23.6. The van der Waals surface area contributed by atoms with Crippen molar-refractivity contribution in [3.63, 3.8) is 0 Å². The predicted molar refractivity (Wildman–Crippen MR) is 133 cm³/mol. The molecule has 1 N–H and O–H groups in total. The molecule has 0 radical (unpaired) electrons. The molecule has 3 aromatic rings. The second kappa shape index (κ2) is 9.75. The van der Waals surface area contributed by atoms with Crippen molar-refractivity contribution < 1.29 is 13.2 Å². The van der Waals surface area contributed by atoms with Crippen molar-refractivity contribution in [1.29, 1.82) is 0 Å². The lowest BCUT2D eigenvalue weighted by molar-refractivity contribution is 0.102. The lowest BCUT2D eigenvalue weighted by Crippen LogP contribution is -2.43. The molecule has 1 aliphatic heterocycles. The zero-order valence-electron chi connectivity index (χ0n) is 19.2. The predicted octanol–water partition coefficient (Wildman–Crippen LogP) is 5.63. The highest BCUT2D eigenvalue weighted by atomic mass is 32.2. The molecule has 0 saturated carbocycles. The van der Waals surface area contributed by atoms with Gasteiger partial charge in [0.05, 0.1) is 10.6 Å². The van der Waals surface area contributed by atoms with Gasteiger partial charge in [-0.3, -0.25) is 10.1 Å². The summed E-state index contributed by atoms with van der Waals surface area (Å²) in [6.07, 6.45) is 3.64. The van der Waals surface area contributed by atoms with Crippen LogP contribution >= 0.6 is 11.3 Å². The van der Waals surface area contributed by atoms with Gasteiger partial charge in [0, 0.05) is 29.1 Å². The SMILES string of the molecule is CCC1CCCCN1S(=O)(=O)c1ccc(C(=O)Nc2nc(-c3ccc(C)c(C)c3)cs2)cc1. The molecular weight excluding hydrogens is 454 g/mol. The average Bonchev–Trinajstić information content (AvgIpc) is 3.29. The summed E-state index contributed by atoms with van der Waals surface area (Å²) >= 11 is 1.36. The van der Waals surface area contributed by atoms with Gasteiger partial charge in [0.1, 0.15) is 0 Å². The fraction of sp³-hybridized carbons (Fsp3) is 0.360. The molecule has 33 heavy (non-hydrogen) atoms. The largest absolute Gasteiger partial charge is 0.298 e. The molecule has 1 saturated heterocycles. The molecule has 1 atom stereocenters. The number of aryl methyl sites for hydroxylation is 2. The second-order valence-electron chi connectivity index (χ2n) is 8.49. The zero-order valence-corrected chi connectivity index (χ0v) is 20.8. The van der Waals surface area contributed by atoms with E-state index in [1.165, 1.54) is 34.6 Å².